The predicted molar refractivity (Wildman–Crippen MR) is 86.3 cm³/mol. The number of amides is 2. The molecule has 0 saturated heterocycles. The molecule has 0 aliphatic heterocycles. The van der Waals surface area contributed by atoms with Crippen molar-refractivity contribution >= 4 is 11.7 Å². The summed E-state index contributed by atoms with van der Waals surface area (Å²) in [5.74, 6) is 0.623. The molecular formula is C17H28N2O. The maximum Gasteiger partial charge on any atom is 0.319 e. The van der Waals surface area contributed by atoms with Crippen LogP contribution in [-0.2, 0) is 0 Å². The highest BCUT2D eigenvalue weighted by Gasteiger charge is 2.13. The van der Waals surface area contributed by atoms with Crippen LogP contribution in [0.25, 0.3) is 0 Å². The lowest BCUT2D eigenvalue weighted by atomic mass is 9.92. The van der Waals surface area contributed by atoms with Gasteiger partial charge >= 0.3 is 6.03 Å². The number of carbonyl (C=O) groups excluding carboxylic acids is 1. The standard InChI is InChI=1S/C17H28N2O/c1-6-8-13(7-2)14-9-11-15(12-10-14)18-16(20)19-17(3,4)5/h9-13H,6-8H2,1-5H3,(H2,18,19,20). The van der Waals surface area contributed by atoms with Crippen molar-refractivity contribution in [3.05, 3.63) is 29.8 Å². The average molecular weight is 276 g/mol. The van der Waals surface area contributed by atoms with Crippen molar-refractivity contribution in [2.75, 3.05) is 5.32 Å². The Bertz CT molecular complexity index is 418. The monoisotopic (exact) mass is 276 g/mol. The van der Waals surface area contributed by atoms with Crippen molar-refractivity contribution in [3.63, 3.8) is 0 Å². The molecule has 0 bridgehead atoms. The van der Waals surface area contributed by atoms with Crippen molar-refractivity contribution in [2.24, 2.45) is 0 Å². The Labute approximate surface area is 123 Å². The van der Waals surface area contributed by atoms with Gasteiger partial charge in [-0.15, -0.1) is 0 Å². The molecule has 20 heavy (non-hydrogen) atoms. The molecule has 1 aromatic carbocycles. The van der Waals surface area contributed by atoms with E-state index in [1.54, 1.807) is 0 Å². The molecule has 0 aliphatic carbocycles. The summed E-state index contributed by atoms with van der Waals surface area (Å²) in [6.07, 6.45) is 3.57. The molecule has 1 unspecified atom stereocenters. The van der Waals surface area contributed by atoms with Gasteiger partial charge in [0.1, 0.15) is 0 Å². The molecule has 3 heteroatoms. The summed E-state index contributed by atoms with van der Waals surface area (Å²) in [4.78, 5) is 11.8. The fourth-order valence-corrected chi connectivity index (χ4v) is 2.30. The van der Waals surface area contributed by atoms with Crippen molar-refractivity contribution in [2.45, 2.75) is 65.3 Å². The first-order chi connectivity index (χ1) is 9.35. The Morgan fingerprint density at radius 2 is 1.75 bits per heavy atom. The SMILES string of the molecule is CCCC(CC)c1ccc(NC(=O)NC(C)(C)C)cc1. The molecule has 0 heterocycles. The van der Waals surface area contributed by atoms with Crippen LogP contribution in [-0.4, -0.2) is 11.6 Å². The Hall–Kier alpha value is -1.51. The number of hydrogen-bond donors (Lipinski definition) is 2. The third-order valence-corrected chi connectivity index (χ3v) is 3.26. The third-order valence-electron chi connectivity index (χ3n) is 3.26. The van der Waals surface area contributed by atoms with Gasteiger partial charge in [0.2, 0.25) is 0 Å². The molecule has 1 atom stereocenters. The van der Waals surface area contributed by atoms with Crippen LogP contribution in [0.15, 0.2) is 24.3 Å². The van der Waals surface area contributed by atoms with Gasteiger partial charge in [-0.05, 0) is 57.2 Å². The third kappa shape index (κ3) is 5.64. The number of nitrogens with one attached hydrogen (secondary N) is 2. The Balaban J connectivity index is 2.64. The van der Waals surface area contributed by atoms with Crippen molar-refractivity contribution < 1.29 is 4.79 Å². The van der Waals surface area contributed by atoms with Gasteiger partial charge in [0.15, 0.2) is 0 Å². The van der Waals surface area contributed by atoms with Gasteiger partial charge in [-0.2, -0.15) is 0 Å². The number of carbonyl (C=O) groups is 1. The second-order valence-electron chi connectivity index (χ2n) is 6.34. The van der Waals surface area contributed by atoms with Crippen LogP contribution >= 0.6 is 0 Å². The molecule has 0 fully saturated rings. The molecule has 0 spiro atoms. The van der Waals surface area contributed by atoms with Gasteiger partial charge in [0.05, 0.1) is 0 Å². The first-order valence-electron chi connectivity index (χ1n) is 7.54. The number of hydrogen-bond acceptors (Lipinski definition) is 1. The van der Waals surface area contributed by atoms with Crippen LogP contribution in [0.1, 0.15) is 65.4 Å². The fourth-order valence-electron chi connectivity index (χ4n) is 2.30. The second kappa shape index (κ2) is 7.32. The van der Waals surface area contributed by atoms with Crippen LogP contribution < -0.4 is 10.6 Å². The van der Waals surface area contributed by atoms with Crippen LogP contribution in [0, 0.1) is 0 Å². The minimum Gasteiger partial charge on any atom is -0.333 e. The summed E-state index contributed by atoms with van der Waals surface area (Å²) >= 11 is 0. The van der Waals surface area contributed by atoms with E-state index >= 15 is 0 Å². The molecule has 2 N–H and O–H groups in total. The first-order valence-corrected chi connectivity index (χ1v) is 7.54. The Kier molecular flexibility index (Phi) is 6.05. The van der Waals surface area contributed by atoms with E-state index in [9.17, 15) is 4.79 Å². The molecule has 1 rings (SSSR count). The summed E-state index contributed by atoms with van der Waals surface area (Å²) in [5, 5.41) is 5.75. The predicted octanol–water partition coefficient (Wildman–Crippen LogP) is 4.90. The van der Waals surface area contributed by atoms with E-state index in [2.05, 4.69) is 36.6 Å². The maximum absolute atomic E-state index is 11.8. The zero-order valence-electron chi connectivity index (χ0n) is 13.4. The fraction of sp³-hybridized carbons (Fsp3) is 0.588. The van der Waals surface area contributed by atoms with E-state index in [0.29, 0.717) is 5.92 Å². The molecule has 3 nitrogen and oxygen atoms in total. The topological polar surface area (TPSA) is 41.1 Å². The molecule has 0 radical (unpaired) electrons. The highest BCUT2D eigenvalue weighted by molar-refractivity contribution is 5.89. The van der Waals surface area contributed by atoms with Crippen molar-refractivity contribution in [1.29, 1.82) is 0 Å². The normalized spacial score (nSPS) is 12.8. The molecular weight excluding hydrogens is 248 g/mol. The van der Waals surface area contributed by atoms with Crippen molar-refractivity contribution in [3.8, 4) is 0 Å². The van der Waals surface area contributed by atoms with Gasteiger partial charge in [0.25, 0.3) is 0 Å². The minimum atomic E-state index is -0.224. The zero-order valence-corrected chi connectivity index (χ0v) is 13.4. The highest BCUT2D eigenvalue weighted by Crippen LogP contribution is 2.25. The highest BCUT2D eigenvalue weighted by atomic mass is 16.2. The number of urea groups is 1. The van der Waals surface area contributed by atoms with E-state index < -0.39 is 0 Å². The molecule has 0 aliphatic rings. The maximum atomic E-state index is 11.8. The average Bonchev–Trinajstić information content (AvgIpc) is 2.34. The molecule has 0 saturated carbocycles. The Morgan fingerprint density at radius 1 is 1.15 bits per heavy atom. The van der Waals surface area contributed by atoms with E-state index in [1.807, 2.05) is 32.9 Å². The number of benzene rings is 1. The number of rotatable bonds is 5. The largest absolute Gasteiger partial charge is 0.333 e. The van der Waals surface area contributed by atoms with Gasteiger partial charge in [-0.3, -0.25) is 0 Å². The van der Waals surface area contributed by atoms with E-state index in [4.69, 9.17) is 0 Å². The van der Waals surface area contributed by atoms with E-state index in [0.717, 1.165) is 12.1 Å². The summed E-state index contributed by atoms with van der Waals surface area (Å²) < 4.78 is 0. The summed E-state index contributed by atoms with van der Waals surface area (Å²) in [7, 11) is 0. The van der Waals surface area contributed by atoms with Crippen LogP contribution in [0.4, 0.5) is 10.5 Å². The lowest BCUT2D eigenvalue weighted by molar-refractivity contribution is 0.244. The van der Waals surface area contributed by atoms with Gasteiger partial charge in [-0.1, -0.05) is 32.4 Å². The molecule has 2 amide bonds. The van der Waals surface area contributed by atoms with Gasteiger partial charge in [-0.25, -0.2) is 4.79 Å². The summed E-state index contributed by atoms with van der Waals surface area (Å²) in [5.41, 5.74) is 1.97. The van der Waals surface area contributed by atoms with E-state index in [1.165, 1.54) is 18.4 Å². The van der Waals surface area contributed by atoms with Gasteiger partial charge in [0, 0.05) is 11.2 Å². The smallest absolute Gasteiger partial charge is 0.319 e. The van der Waals surface area contributed by atoms with Gasteiger partial charge < -0.3 is 10.6 Å². The lowest BCUT2D eigenvalue weighted by Gasteiger charge is -2.21. The molecule has 112 valence electrons. The Morgan fingerprint density at radius 3 is 2.20 bits per heavy atom. The quantitative estimate of drug-likeness (QED) is 0.789. The molecule has 1 aromatic rings. The molecule has 0 aromatic heterocycles. The van der Waals surface area contributed by atoms with E-state index in [-0.39, 0.29) is 11.6 Å². The number of anilines is 1. The van der Waals surface area contributed by atoms with Crippen LogP contribution in [0.5, 0.6) is 0 Å². The summed E-state index contributed by atoms with van der Waals surface area (Å²) in [6, 6.07) is 8.05. The van der Waals surface area contributed by atoms with Crippen LogP contribution in [0.2, 0.25) is 0 Å². The van der Waals surface area contributed by atoms with Crippen molar-refractivity contribution in [1.82, 2.24) is 5.32 Å². The zero-order chi connectivity index (χ0) is 15.2. The second-order valence-corrected chi connectivity index (χ2v) is 6.34. The van der Waals surface area contributed by atoms with Crippen LogP contribution in [0.3, 0.4) is 0 Å². The summed E-state index contributed by atoms with van der Waals surface area (Å²) in [6.45, 7) is 10.3. The lowest BCUT2D eigenvalue weighted by Crippen LogP contribution is -2.43. The minimum absolute atomic E-state index is 0.161. The first kappa shape index (κ1) is 16.5.